The smallest absolute Gasteiger partial charge is 0.436 e. The Kier molecular flexibility index (Phi) is 7.28. The first-order valence-electron chi connectivity index (χ1n) is 15.0. The van der Waals surface area contributed by atoms with Crippen LogP contribution in [0.5, 0.6) is 5.75 Å². The van der Waals surface area contributed by atoms with E-state index in [2.05, 4.69) is 20.2 Å². The lowest BCUT2D eigenvalue weighted by Gasteiger charge is -2.30. The number of ether oxygens (including phenoxy) is 2. The summed E-state index contributed by atoms with van der Waals surface area (Å²) >= 11 is 0. The van der Waals surface area contributed by atoms with E-state index < -0.39 is 11.9 Å². The van der Waals surface area contributed by atoms with E-state index in [0.717, 1.165) is 73.5 Å². The van der Waals surface area contributed by atoms with Crippen LogP contribution in [-0.4, -0.2) is 40.9 Å². The predicted molar refractivity (Wildman–Crippen MR) is 155 cm³/mol. The van der Waals surface area contributed by atoms with Gasteiger partial charge < -0.3 is 29.1 Å². The Bertz CT molecular complexity index is 1610. The monoisotopic (exact) mass is 594 g/mol. The average Bonchev–Trinajstić information content (AvgIpc) is 3.55. The molecule has 2 N–H and O–H groups in total. The molecule has 3 heterocycles. The molecule has 8 nitrogen and oxygen atoms in total. The summed E-state index contributed by atoms with van der Waals surface area (Å²) in [6, 6.07) is 13.2. The number of urea groups is 1. The van der Waals surface area contributed by atoms with Crippen LogP contribution in [-0.2, 0) is 10.9 Å². The Morgan fingerprint density at radius 1 is 0.977 bits per heavy atom. The quantitative estimate of drug-likeness (QED) is 0.227. The molecule has 1 saturated heterocycles. The summed E-state index contributed by atoms with van der Waals surface area (Å²) in [5.41, 5.74) is 2.41. The second-order valence-corrected chi connectivity index (χ2v) is 11.6. The number of nitrogens with one attached hydrogen (secondary N) is 2. The van der Waals surface area contributed by atoms with Crippen LogP contribution in [0.2, 0.25) is 0 Å². The lowest BCUT2D eigenvalue weighted by molar-refractivity contribution is -0.141. The molecule has 7 rings (SSSR count). The lowest BCUT2D eigenvalue weighted by atomic mass is 9.92. The van der Waals surface area contributed by atoms with Gasteiger partial charge in [-0.15, -0.1) is 0 Å². The minimum absolute atomic E-state index is 0.0416. The fourth-order valence-corrected chi connectivity index (χ4v) is 6.01. The molecule has 226 valence electrons. The van der Waals surface area contributed by atoms with Crippen LogP contribution in [0.1, 0.15) is 63.1 Å². The second kappa shape index (κ2) is 11.3. The second-order valence-electron chi connectivity index (χ2n) is 11.6. The Hall–Kier alpha value is -3.99. The molecule has 43 heavy (non-hydrogen) atoms. The summed E-state index contributed by atoms with van der Waals surface area (Å²) < 4.78 is 60.3. The first kappa shape index (κ1) is 27.8. The summed E-state index contributed by atoms with van der Waals surface area (Å²) in [6.45, 7) is 1.30. The van der Waals surface area contributed by atoms with Gasteiger partial charge in [-0.2, -0.15) is 13.2 Å². The molecule has 0 bridgehead atoms. The van der Waals surface area contributed by atoms with Crippen LogP contribution >= 0.6 is 0 Å². The van der Waals surface area contributed by atoms with Gasteiger partial charge in [-0.3, -0.25) is 0 Å². The Morgan fingerprint density at radius 2 is 1.72 bits per heavy atom. The molecule has 0 radical (unpaired) electrons. The summed E-state index contributed by atoms with van der Waals surface area (Å²) in [5, 5.41) is 6.58. The number of hydrogen-bond acceptors (Lipinski definition) is 5. The molecule has 3 aliphatic rings. The Balaban J connectivity index is 1.32. The molecule has 2 aliphatic carbocycles. The molecule has 1 aliphatic heterocycles. The van der Waals surface area contributed by atoms with E-state index in [-0.39, 0.29) is 30.1 Å². The van der Waals surface area contributed by atoms with Crippen LogP contribution in [0.15, 0.2) is 53.1 Å². The third kappa shape index (κ3) is 5.58. The first-order valence-corrected chi connectivity index (χ1v) is 15.0. The number of benzene rings is 2. The molecule has 0 unspecified atom stereocenters. The van der Waals surface area contributed by atoms with Gasteiger partial charge in [0.1, 0.15) is 18.1 Å². The van der Waals surface area contributed by atoms with Crippen molar-refractivity contribution in [1.82, 2.24) is 14.9 Å². The number of anilines is 1. The SMILES string of the molecule is O=C(Nc1ccc(-c2c(-c3nc(C(F)(F)F)co3)c3ccc(OC4CCOCC4)cc3n2C2CCC2)cc1)NC1CCC1. The van der Waals surface area contributed by atoms with E-state index in [9.17, 15) is 18.0 Å². The van der Waals surface area contributed by atoms with Crippen molar-refractivity contribution in [2.24, 2.45) is 0 Å². The van der Waals surface area contributed by atoms with Gasteiger partial charge in [0, 0.05) is 42.1 Å². The predicted octanol–water partition coefficient (Wildman–Crippen LogP) is 7.94. The highest BCUT2D eigenvalue weighted by Gasteiger charge is 2.37. The number of carbonyl (C=O) groups is 1. The number of aromatic nitrogens is 2. The number of fused-ring (bicyclic) bond motifs is 1. The van der Waals surface area contributed by atoms with E-state index in [1.165, 1.54) is 0 Å². The molecule has 0 spiro atoms. The highest BCUT2D eigenvalue weighted by atomic mass is 19.4. The summed E-state index contributed by atoms with van der Waals surface area (Å²) in [6.07, 6.45) is 3.72. The minimum Gasteiger partial charge on any atom is -0.490 e. The molecule has 2 aromatic carbocycles. The van der Waals surface area contributed by atoms with Gasteiger partial charge >= 0.3 is 12.2 Å². The molecule has 3 fully saturated rings. The van der Waals surface area contributed by atoms with E-state index in [4.69, 9.17) is 13.9 Å². The largest absolute Gasteiger partial charge is 0.490 e. The molecule has 2 aromatic heterocycles. The van der Waals surface area contributed by atoms with Crippen molar-refractivity contribution < 1.29 is 31.9 Å². The zero-order valence-electron chi connectivity index (χ0n) is 23.6. The van der Waals surface area contributed by atoms with E-state index in [1.807, 2.05) is 30.3 Å². The summed E-state index contributed by atoms with van der Waals surface area (Å²) in [4.78, 5) is 16.3. The Morgan fingerprint density at radius 3 is 2.35 bits per heavy atom. The standard InChI is InChI=1S/C32H33F3N4O4/c33-32(34,35)27-18-42-30(38-27)28-25-12-11-24(43-23-13-15-41-16-14-23)17-26(25)39(22-5-2-6-22)29(28)19-7-9-21(10-8-19)37-31(40)36-20-3-1-4-20/h7-12,17-18,20,22-23H,1-6,13-16H2,(H2,36,37,40). The molecule has 2 saturated carbocycles. The van der Waals surface area contributed by atoms with Gasteiger partial charge in [-0.1, -0.05) is 12.1 Å². The van der Waals surface area contributed by atoms with Crippen molar-refractivity contribution in [3.8, 4) is 28.5 Å². The third-order valence-corrected chi connectivity index (χ3v) is 8.75. The van der Waals surface area contributed by atoms with Gasteiger partial charge in [-0.25, -0.2) is 9.78 Å². The number of nitrogens with zero attached hydrogens (tertiary/aromatic N) is 2. The number of hydrogen-bond donors (Lipinski definition) is 2. The molecular formula is C32H33F3N4O4. The number of halogens is 3. The summed E-state index contributed by atoms with van der Waals surface area (Å²) in [7, 11) is 0. The number of alkyl halides is 3. The van der Waals surface area contributed by atoms with Gasteiger partial charge in [0.25, 0.3) is 0 Å². The van der Waals surface area contributed by atoms with Gasteiger partial charge in [0.05, 0.1) is 30.0 Å². The first-order chi connectivity index (χ1) is 20.8. The van der Waals surface area contributed by atoms with Crippen molar-refractivity contribution in [3.63, 3.8) is 0 Å². The van der Waals surface area contributed by atoms with Crippen LogP contribution in [0.25, 0.3) is 33.6 Å². The number of amides is 2. The van der Waals surface area contributed by atoms with Crippen LogP contribution in [0.3, 0.4) is 0 Å². The zero-order chi connectivity index (χ0) is 29.6. The van der Waals surface area contributed by atoms with Crippen LogP contribution in [0.4, 0.5) is 23.7 Å². The Labute approximate surface area is 246 Å². The topological polar surface area (TPSA) is 90.6 Å². The van der Waals surface area contributed by atoms with Crippen molar-refractivity contribution in [2.75, 3.05) is 18.5 Å². The van der Waals surface area contributed by atoms with Gasteiger partial charge in [0.15, 0.2) is 5.69 Å². The lowest BCUT2D eigenvalue weighted by Crippen LogP contribution is -2.41. The van der Waals surface area contributed by atoms with Gasteiger partial charge in [-0.05, 0) is 68.4 Å². The highest BCUT2D eigenvalue weighted by Crippen LogP contribution is 2.48. The van der Waals surface area contributed by atoms with E-state index in [0.29, 0.717) is 36.5 Å². The number of rotatable bonds is 7. The van der Waals surface area contributed by atoms with E-state index >= 15 is 0 Å². The number of oxazole rings is 1. The van der Waals surface area contributed by atoms with Crippen molar-refractivity contribution in [2.45, 2.75) is 75.7 Å². The molecule has 4 aromatic rings. The maximum absolute atomic E-state index is 13.6. The van der Waals surface area contributed by atoms with Crippen molar-refractivity contribution >= 4 is 22.6 Å². The van der Waals surface area contributed by atoms with E-state index in [1.54, 1.807) is 12.1 Å². The minimum atomic E-state index is -4.63. The summed E-state index contributed by atoms with van der Waals surface area (Å²) in [5.74, 6) is 0.613. The third-order valence-electron chi connectivity index (χ3n) is 8.75. The molecule has 0 atom stereocenters. The normalized spacial score (nSPS) is 18.3. The van der Waals surface area contributed by atoms with Crippen LogP contribution < -0.4 is 15.4 Å². The molecular weight excluding hydrogens is 561 g/mol. The average molecular weight is 595 g/mol. The highest BCUT2D eigenvalue weighted by molar-refractivity contribution is 6.03. The zero-order valence-corrected chi connectivity index (χ0v) is 23.6. The van der Waals surface area contributed by atoms with Crippen LogP contribution in [0, 0.1) is 0 Å². The van der Waals surface area contributed by atoms with Crippen molar-refractivity contribution in [1.29, 1.82) is 0 Å². The maximum atomic E-state index is 13.6. The maximum Gasteiger partial charge on any atom is 0.436 e. The fourth-order valence-electron chi connectivity index (χ4n) is 6.01. The molecule has 2 amide bonds. The molecule has 11 heteroatoms. The van der Waals surface area contributed by atoms with Gasteiger partial charge in [0.2, 0.25) is 5.89 Å². The van der Waals surface area contributed by atoms with Crippen molar-refractivity contribution in [3.05, 3.63) is 54.4 Å². The fraction of sp³-hybridized carbons (Fsp3) is 0.438. The number of carbonyl (C=O) groups excluding carboxylic acids is 1.